The molecule has 2 aliphatic carbocycles. The third kappa shape index (κ3) is 7.59. The van der Waals surface area contributed by atoms with Crippen molar-refractivity contribution < 1.29 is 19.7 Å². The van der Waals surface area contributed by atoms with Crippen molar-refractivity contribution in [2.45, 2.75) is 110 Å². The fourth-order valence-corrected chi connectivity index (χ4v) is 4.19. The van der Waals surface area contributed by atoms with E-state index in [9.17, 15) is 15.0 Å². The van der Waals surface area contributed by atoms with E-state index < -0.39 is 17.9 Å². The maximum absolute atomic E-state index is 12.0. The summed E-state index contributed by atoms with van der Waals surface area (Å²) in [5.74, 6) is -0.885. The molecule has 0 aromatic carbocycles. The Morgan fingerprint density at radius 3 is 2.41 bits per heavy atom. The monoisotopic (exact) mass is 406 g/mol. The van der Waals surface area contributed by atoms with E-state index in [0.29, 0.717) is 18.0 Å². The Bertz CT molecular complexity index is 663. The molecule has 0 heterocycles. The van der Waals surface area contributed by atoms with Crippen molar-refractivity contribution in [3.05, 3.63) is 22.4 Å². The van der Waals surface area contributed by atoms with Crippen LogP contribution in [0.15, 0.2) is 27.4 Å². The molecule has 0 bridgehead atoms. The smallest absolute Gasteiger partial charge is 0.335 e. The van der Waals surface area contributed by atoms with E-state index in [1.165, 1.54) is 25.5 Å². The number of aliphatic imine (C=N–C) groups is 1. The van der Waals surface area contributed by atoms with E-state index in [2.05, 4.69) is 10.3 Å². The number of aliphatic hydroxyl groups excluding tert-OH is 1. The van der Waals surface area contributed by atoms with Crippen LogP contribution in [0, 0.1) is 0 Å². The largest absolute Gasteiger partial charge is 0.478 e. The van der Waals surface area contributed by atoms with Crippen molar-refractivity contribution in [3.8, 4) is 0 Å². The summed E-state index contributed by atoms with van der Waals surface area (Å²) in [6, 6.07) is 0.372. The average molecular weight is 407 g/mol. The zero-order valence-electron chi connectivity index (χ0n) is 18.6. The quantitative estimate of drug-likeness (QED) is 0.332. The fourth-order valence-electron chi connectivity index (χ4n) is 4.19. The number of nitrogens with zero attached hydrogens (tertiary/aromatic N) is 1. The van der Waals surface area contributed by atoms with Gasteiger partial charge in [-0.25, -0.2) is 4.79 Å². The van der Waals surface area contributed by atoms with Crippen LogP contribution < -0.4 is 5.32 Å². The molecular weight excluding hydrogens is 368 g/mol. The number of carboxylic acid groups (broad SMARTS) is 1. The van der Waals surface area contributed by atoms with Gasteiger partial charge in [-0.15, -0.1) is 0 Å². The molecule has 3 N–H and O–H groups in total. The highest BCUT2D eigenvalue weighted by atomic mass is 16.6. The summed E-state index contributed by atoms with van der Waals surface area (Å²) in [6.07, 6.45) is 8.57. The minimum Gasteiger partial charge on any atom is -0.478 e. The van der Waals surface area contributed by atoms with Gasteiger partial charge in [0.1, 0.15) is 0 Å². The molecule has 0 saturated heterocycles. The molecule has 6 nitrogen and oxygen atoms in total. The topological polar surface area (TPSA) is 91.2 Å². The van der Waals surface area contributed by atoms with Crippen LogP contribution in [0.5, 0.6) is 0 Å². The zero-order valence-corrected chi connectivity index (χ0v) is 18.6. The highest BCUT2D eigenvalue weighted by molar-refractivity contribution is 5.93. The zero-order chi connectivity index (χ0) is 21.6. The molecule has 29 heavy (non-hydrogen) atoms. The molecule has 1 saturated carbocycles. The van der Waals surface area contributed by atoms with Crippen molar-refractivity contribution >= 4 is 12.2 Å². The molecule has 0 aromatic rings. The Balaban J connectivity index is 2.21. The van der Waals surface area contributed by atoms with Gasteiger partial charge in [-0.1, -0.05) is 24.8 Å². The highest BCUT2D eigenvalue weighted by Crippen LogP contribution is 2.33. The Hall–Kier alpha value is -1.66. The fraction of sp³-hybridized carbons (Fsp3) is 0.739. The molecule has 0 radical (unpaired) electrons. The maximum atomic E-state index is 12.0. The standard InChI is InChI=1S/C23H38N2O4/c1-15(2)21(22(27)28)18-13-17(24-14-20(26)29-23(3,4)5)11-12-19(18)25-16-9-7-6-8-10-16/h14,16-17,20,25-26H,6-13H2,1-5H3,(H,27,28). The Kier molecular flexibility index (Phi) is 8.46. The number of aliphatic hydroxyl groups is 1. The van der Waals surface area contributed by atoms with Crippen LogP contribution in [0.4, 0.5) is 0 Å². The Morgan fingerprint density at radius 2 is 1.86 bits per heavy atom. The summed E-state index contributed by atoms with van der Waals surface area (Å²) < 4.78 is 5.48. The second-order valence-electron chi connectivity index (χ2n) is 9.43. The summed E-state index contributed by atoms with van der Waals surface area (Å²) in [6.45, 7) is 9.33. The first-order valence-corrected chi connectivity index (χ1v) is 10.9. The van der Waals surface area contributed by atoms with Crippen molar-refractivity contribution in [3.63, 3.8) is 0 Å². The molecule has 2 atom stereocenters. The maximum Gasteiger partial charge on any atom is 0.335 e. The van der Waals surface area contributed by atoms with Gasteiger partial charge in [-0.3, -0.25) is 4.99 Å². The van der Waals surface area contributed by atoms with Gasteiger partial charge in [0.25, 0.3) is 0 Å². The lowest BCUT2D eigenvalue weighted by atomic mass is 9.85. The van der Waals surface area contributed by atoms with E-state index >= 15 is 0 Å². The summed E-state index contributed by atoms with van der Waals surface area (Å²) >= 11 is 0. The van der Waals surface area contributed by atoms with E-state index in [4.69, 9.17) is 4.74 Å². The van der Waals surface area contributed by atoms with Crippen LogP contribution in [0.3, 0.4) is 0 Å². The minimum atomic E-state index is -1.06. The second-order valence-corrected chi connectivity index (χ2v) is 9.43. The molecule has 2 unspecified atom stereocenters. The lowest BCUT2D eigenvalue weighted by Gasteiger charge is -2.32. The van der Waals surface area contributed by atoms with Crippen LogP contribution >= 0.6 is 0 Å². The number of hydrogen-bond acceptors (Lipinski definition) is 5. The molecule has 0 amide bonds. The van der Waals surface area contributed by atoms with E-state index in [-0.39, 0.29) is 6.04 Å². The highest BCUT2D eigenvalue weighted by Gasteiger charge is 2.28. The minimum absolute atomic E-state index is 0.0613. The van der Waals surface area contributed by atoms with E-state index in [0.717, 1.165) is 42.5 Å². The summed E-state index contributed by atoms with van der Waals surface area (Å²) in [7, 11) is 0. The van der Waals surface area contributed by atoms with E-state index in [1.807, 2.05) is 34.6 Å². The molecule has 2 rings (SSSR count). The van der Waals surface area contributed by atoms with Gasteiger partial charge in [0.2, 0.25) is 0 Å². The average Bonchev–Trinajstić information content (AvgIpc) is 2.60. The van der Waals surface area contributed by atoms with Crippen molar-refractivity contribution in [1.29, 1.82) is 0 Å². The first-order valence-electron chi connectivity index (χ1n) is 10.9. The first-order chi connectivity index (χ1) is 13.6. The number of ether oxygens (including phenoxy) is 1. The van der Waals surface area contributed by atoms with Gasteiger partial charge >= 0.3 is 5.97 Å². The summed E-state index contributed by atoms with van der Waals surface area (Å²) in [5.41, 5.74) is 2.67. The third-order valence-corrected chi connectivity index (χ3v) is 5.43. The van der Waals surface area contributed by atoms with Crippen molar-refractivity contribution in [1.82, 2.24) is 5.32 Å². The number of aliphatic carboxylic acids is 1. The SMILES string of the molecule is CC(C)=C(C(=O)O)C1=C(NC2CCCCC2)CCC(N=CC(O)OC(C)(C)C)C1. The van der Waals surface area contributed by atoms with Gasteiger partial charge in [0.05, 0.1) is 23.4 Å². The van der Waals surface area contributed by atoms with Gasteiger partial charge in [-0.05, 0) is 72.3 Å². The van der Waals surface area contributed by atoms with Crippen LogP contribution in [0.2, 0.25) is 0 Å². The van der Waals surface area contributed by atoms with Crippen LogP contribution in [0.1, 0.15) is 86.0 Å². The predicted octanol–water partition coefficient (Wildman–Crippen LogP) is 4.34. The molecule has 2 aliphatic rings. The summed E-state index contributed by atoms with van der Waals surface area (Å²) in [5, 5.41) is 23.5. The van der Waals surface area contributed by atoms with Crippen LogP contribution in [-0.2, 0) is 9.53 Å². The van der Waals surface area contributed by atoms with Crippen LogP contribution in [-0.4, -0.2) is 46.4 Å². The van der Waals surface area contributed by atoms with Crippen molar-refractivity contribution in [2.75, 3.05) is 0 Å². The third-order valence-electron chi connectivity index (χ3n) is 5.43. The van der Waals surface area contributed by atoms with Crippen LogP contribution in [0.25, 0.3) is 0 Å². The molecule has 0 spiro atoms. The molecule has 164 valence electrons. The van der Waals surface area contributed by atoms with Gasteiger partial charge in [0, 0.05) is 11.7 Å². The summed E-state index contributed by atoms with van der Waals surface area (Å²) in [4.78, 5) is 16.5. The number of carbonyl (C=O) groups is 1. The molecule has 0 aromatic heterocycles. The molecule has 6 heteroatoms. The molecule has 1 fully saturated rings. The number of rotatable bonds is 7. The predicted molar refractivity (Wildman–Crippen MR) is 116 cm³/mol. The van der Waals surface area contributed by atoms with Gasteiger partial charge in [-0.2, -0.15) is 0 Å². The first kappa shape index (κ1) is 23.6. The normalized spacial score (nSPS) is 22.6. The molecule has 0 aliphatic heterocycles. The lowest BCUT2D eigenvalue weighted by Crippen LogP contribution is -2.34. The van der Waals surface area contributed by atoms with Gasteiger partial charge in [0.15, 0.2) is 6.29 Å². The van der Waals surface area contributed by atoms with Crippen molar-refractivity contribution in [2.24, 2.45) is 4.99 Å². The Labute approximate surface area is 175 Å². The number of carboxylic acids is 1. The number of allylic oxidation sites excluding steroid dienone is 2. The lowest BCUT2D eigenvalue weighted by molar-refractivity contribution is -0.132. The van der Waals surface area contributed by atoms with Gasteiger partial charge < -0.3 is 20.3 Å². The second kappa shape index (κ2) is 10.4. The Morgan fingerprint density at radius 1 is 1.21 bits per heavy atom. The number of hydrogen-bond donors (Lipinski definition) is 3. The number of nitrogens with one attached hydrogen (secondary N) is 1. The van der Waals surface area contributed by atoms with E-state index in [1.54, 1.807) is 0 Å². The molecular formula is C23H38N2O4.